The van der Waals surface area contributed by atoms with Gasteiger partial charge in [0.25, 0.3) is 0 Å². The number of phenols is 1. The van der Waals surface area contributed by atoms with Crippen LogP contribution in [0, 0.1) is 12.3 Å². The molecule has 1 N–H and O–H groups in total. The maximum atomic E-state index is 12.4. The lowest BCUT2D eigenvalue weighted by molar-refractivity contribution is -0.168. The van der Waals surface area contributed by atoms with E-state index in [9.17, 15) is 14.7 Å². The van der Waals surface area contributed by atoms with Crippen molar-refractivity contribution in [1.29, 1.82) is 0 Å². The second-order valence-electron chi connectivity index (χ2n) is 6.34. The molecule has 130 valence electrons. The molecule has 0 saturated carbocycles. The topological polar surface area (TPSA) is 72.8 Å². The van der Waals surface area contributed by atoms with E-state index >= 15 is 0 Å². The van der Waals surface area contributed by atoms with Crippen molar-refractivity contribution in [3.63, 3.8) is 0 Å². The van der Waals surface area contributed by atoms with Crippen LogP contribution in [0.3, 0.4) is 0 Å². The van der Waals surface area contributed by atoms with Gasteiger partial charge >= 0.3 is 11.9 Å². The molecule has 0 radical (unpaired) electrons. The molecule has 2 aromatic carbocycles. The SMILES string of the molecule is COC(=O)C1(C(=O)OC)Cc2cc(C)c(O)c(-c3ccccc3)c2C1. The summed E-state index contributed by atoms with van der Waals surface area (Å²) in [6.45, 7) is 1.80. The van der Waals surface area contributed by atoms with Gasteiger partial charge in [-0.1, -0.05) is 36.4 Å². The molecule has 0 fully saturated rings. The maximum Gasteiger partial charge on any atom is 0.323 e. The Bertz CT molecular complexity index is 823. The van der Waals surface area contributed by atoms with E-state index in [4.69, 9.17) is 9.47 Å². The second-order valence-corrected chi connectivity index (χ2v) is 6.34. The zero-order valence-corrected chi connectivity index (χ0v) is 14.5. The Balaban J connectivity index is 2.22. The molecule has 5 nitrogen and oxygen atoms in total. The summed E-state index contributed by atoms with van der Waals surface area (Å²) in [6.07, 6.45) is 0.336. The third-order valence-electron chi connectivity index (χ3n) is 4.88. The molecule has 1 aliphatic carbocycles. The third kappa shape index (κ3) is 2.56. The van der Waals surface area contributed by atoms with Gasteiger partial charge in [0.1, 0.15) is 5.75 Å². The van der Waals surface area contributed by atoms with E-state index < -0.39 is 17.4 Å². The van der Waals surface area contributed by atoms with Crippen molar-refractivity contribution in [3.8, 4) is 16.9 Å². The van der Waals surface area contributed by atoms with E-state index in [1.165, 1.54) is 14.2 Å². The summed E-state index contributed by atoms with van der Waals surface area (Å²) in [5.41, 5.74) is 2.42. The molecule has 1 aliphatic rings. The number of fused-ring (bicyclic) bond motifs is 1. The van der Waals surface area contributed by atoms with Crippen molar-refractivity contribution in [1.82, 2.24) is 0 Å². The summed E-state index contributed by atoms with van der Waals surface area (Å²) < 4.78 is 9.79. The van der Waals surface area contributed by atoms with Gasteiger partial charge in [-0.3, -0.25) is 9.59 Å². The molecule has 0 bridgehead atoms. The van der Waals surface area contributed by atoms with Crippen LogP contribution in [-0.2, 0) is 31.9 Å². The number of hydrogen-bond donors (Lipinski definition) is 1. The molecule has 0 spiro atoms. The van der Waals surface area contributed by atoms with Crippen molar-refractivity contribution in [3.05, 3.63) is 53.1 Å². The van der Waals surface area contributed by atoms with Gasteiger partial charge in [0, 0.05) is 12.0 Å². The molecule has 3 rings (SSSR count). The van der Waals surface area contributed by atoms with Crippen LogP contribution in [0.15, 0.2) is 36.4 Å². The molecular weight excluding hydrogens is 320 g/mol. The van der Waals surface area contributed by atoms with E-state index in [0.29, 0.717) is 11.1 Å². The molecule has 2 aromatic rings. The zero-order chi connectivity index (χ0) is 18.2. The highest BCUT2D eigenvalue weighted by Gasteiger charge is 2.53. The number of phenolic OH excluding ortho intramolecular Hbond substituents is 1. The normalized spacial score (nSPS) is 14.7. The zero-order valence-electron chi connectivity index (χ0n) is 14.5. The minimum absolute atomic E-state index is 0.139. The Kier molecular flexibility index (Phi) is 4.25. The summed E-state index contributed by atoms with van der Waals surface area (Å²) >= 11 is 0. The Morgan fingerprint density at radius 2 is 1.64 bits per heavy atom. The number of aryl methyl sites for hydroxylation is 1. The van der Waals surface area contributed by atoms with Crippen molar-refractivity contribution in [2.24, 2.45) is 5.41 Å². The van der Waals surface area contributed by atoms with E-state index in [0.717, 1.165) is 16.7 Å². The summed E-state index contributed by atoms with van der Waals surface area (Å²) in [4.78, 5) is 24.9. The van der Waals surface area contributed by atoms with Gasteiger partial charge in [0.2, 0.25) is 0 Å². The number of hydrogen-bond acceptors (Lipinski definition) is 5. The molecule has 0 atom stereocenters. The van der Waals surface area contributed by atoms with Gasteiger partial charge in [-0.25, -0.2) is 0 Å². The van der Waals surface area contributed by atoms with Gasteiger partial charge in [0.05, 0.1) is 14.2 Å². The van der Waals surface area contributed by atoms with E-state index in [1.54, 1.807) is 6.92 Å². The molecule has 0 heterocycles. The number of benzene rings is 2. The number of carbonyl (C=O) groups excluding carboxylic acids is 2. The quantitative estimate of drug-likeness (QED) is 0.687. The summed E-state index contributed by atoms with van der Waals surface area (Å²) in [7, 11) is 2.52. The minimum atomic E-state index is -1.41. The van der Waals surface area contributed by atoms with Crippen molar-refractivity contribution in [2.75, 3.05) is 14.2 Å². The van der Waals surface area contributed by atoms with Gasteiger partial charge in [0.15, 0.2) is 5.41 Å². The van der Waals surface area contributed by atoms with Crippen LogP contribution in [0.2, 0.25) is 0 Å². The third-order valence-corrected chi connectivity index (χ3v) is 4.88. The lowest BCUT2D eigenvalue weighted by Crippen LogP contribution is -2.42. The van der Waals surface area contributed by atoms with E-state index in [-0.39, 0.29) is 18.6 Å². The van der Waals surface area contributed by atoms with Crippen molar-refractivity contribution in [2.45, 2.75) is 19.8 Å². The number of aromatic hydroxyl groups is 1. The van der Waals surface area contributed by atoms with E-state index in [2.05, 4.69) is 0 Å². The molecule has 5 heteroatoms. The Morgan fingerprint density at radius 3 is 2.20 bits per heavy atom. The van der Waals surface area contributed by atoms with Gasteiger partial charge < -0.3 is 14.6 Å². The molecule has 0 unspecified atom stereocenters. The predicted octanol–water partition coefficient (Wildman–Crippen LogP) is 2.80. The predicted molar refractivity (Wildman–Crippen MR) is 92.2 cm³/mol. The maximum absolute atomic E-state index is 12.4. The van der Waals surface area contributed by atoms with Crippen molar-refractivity contribution >= 4 is 11.9 Å². The smallest absolute Gasteiger partial charge is 0.323 e. The number of rotatable bonds is 3. The highest BCUT2D eigenvalue weighted by molar-refractivity contribution is 6.02. The average molecular weight is 340 g/mol. The van der Waals surface area contributed by atoms with Crippen molar-refractivity contribution < 1.29 is 24.2 Å². The van der Waals surface area contributed by atoms with Crippen LogP contribution in [0.1, 0.15) is 16.7 Å². The minimum Gasteiger partial charge on any atom is -0.507 e. The summed E-state index contributed by atoms with van der Waals surface area (Å²) in [5, 5.41) is 10.6. The number of carbonyl (C=O) groups is 2. The summed E-state index contributed by atoms with van der Waals surface area (Å²) in [5.74, 6) is -1.08. The fourth-order valence-electron chi connectivity index (χ4n) is 3.65. The van der Waals surface area contributed by atoms with Crippen LogP contribution in [0.4, 0.5) is 0 Å². The Hall–Kier alpha value is -2.82. The second kappa shape index (κ2) is 6.24. The molecule has 0 aliphatic heterocycles. The fraction of sp³-hybridized carbons (Fsp3) is 0.300. The van der Waals surface area contributed by atoms with Gasteiger partial charge in [-0.15, -0.1) is 0 Å². The lowest BCUT2D eigenvalue weighted by atomic mass is 9.84. The highest BCUT2D eigenvalue weighted by Crippen LogP contribution is 2.47. The van der Waals surface area contributed by atoms with Crippen LogP contribution in [0.25, 0.3) is 11.1 Å². The molecule has 25 heavy (non-hydrogen) atoms. The van der Waals surface area contributed by atoms with Gasteiger partial charge in [-0.05, 0) is 35.6 Å². The first-order chi connectivity index (χ1) is 11.9. The lowest BCUT2D eigenvalue weighted by Gasteiger charge is -2.22. The largest absolute Gasteiger partial charge is 0.507 e. The standard InChI is InChI=1S/C20H20O5/c1-12-9-14-10-20(18(22)24-2,19(23)25-3)11-15(14)16(17(12)21)13-7-5-4-6-8-13/h4-9,21H,10-11H2,1-3H3. The van der Waals surface area contributed by atoms with Crippen LogP contribution in [-0.4, -0.2) is 31.3 Å². The van der Waals surface area contributed by atoms with Gasteiger partial charge in [-0.2, -0.15) is 0 Å². The Labute approximate surface area is 146 Å². The van der Waals surface area contributed by atoms with Crippen LogP contribution in [0.5, 0.6) is 5.75 Å². The Morgan fingerprint density at radius 1 is 1.04 bits per heavy atom. The number of esters is 2. The van der Waals surface area contributed by atoms with Crippen LogP contribution < -0.4 is 0 Å². The molecular formula is C20H20O5. The molecule has 0 saturated heterocycles. The first kappa shape index (κ1) is 17.0. The average Bonchev–Trinajstić information content (AvgIpc) is 3.02. The highest BCUT2D eigenvalue weighted by atomic mass is 16.5. The molecule has 0 aromatic heterocycles. The first-order valence-electron chi connectivity index (χ1n) is 8.01. The molecule has 0 amide bonds. The van der Waals surface area contributed by atoms with Crippen LogP contribution >= 0.6 is 0 Å². The number of methoxy groups -OCH3 is 2. The van der Waals surface area contributed by atoms with E-state index in [1.807, 2.05) is 36.4 Å². The number of ether oxygens (including phenoxy) is 2. The monoisotopic (exact) mass is 340 g/mol. The fourth-order valence-corrected chi connectivity index (χ4v) is 3.65. The first-order valence-corrected chi connectivity index (χ1v) is 8.01. The summed E-state index contributed by atoms with van der Waals surface area (Å²) in [6, 6.07) is 11.3.